The van der Waals surface area contributed by atoms with Crippen molar-refractivity contribution >= 4 is 25.8 Å². The molecular weight excluding hydrogens is 316 g/mol. The standard InChI is InChI=1S/C3H3F4.Tl/c1-3(6,7)2(4)5;/h2H,1H2;. The SMILES string of the molecule is FC(F)C(F)(F)[CH2][Tl]. The molecular formula is C3H3F4Tl. The molecule has 0 saturated heterocycles. The molecule has 0 fully saturated rings. The second-order valence-electron chi connectivity index (χ2n) is 1.27. The van der Waals surface area contributed by atoms with Crippen molar-refractivity contribution in [2.45, 2.75) is 16.3 Å². The molecule has 0 aromatic rings. The van der Waals surface area contributed by atoms with Crippen molar-refractivity contribution in [2.75, 3.05) is 0 Å². The predicted molar refractivity (Wildman–Crippen MR) is 21.5 cm³/mol. The maximum atomic E-state index is 11.6. The van der Waals surface area contributed by atoms with E-state index in [-0.39, 0.29) is 25.8 Å². The summed E-state index contributed by atoms with van der Waals surface area (Å²) in [6.45, 7) is 0. The molecule has 46 valence electrons. The van der Waals surface area contributed by atoms with Crippen LogP contribution in [0.15, 0.2) is 0 Å². The molecule has 0 aromatic heterocycles. The Labute approximate surface area is 59.9 Å². The van der Waals surface area contributed by atoms with Crippen LogP contribution in [0.25, 0.3) is 0 Å². The van der Waals surface area contributed by atoms with Crippen LogP contribution in [-0.2, 0) is 0 Å². The van der Waals surface area contributed by atoms with E-state index in [1.807, 2.05) is 0 Å². The van der Waals surface area contributed by atoms with Crippen molar-refractivity contribution in [3.63, 3.8) is 0 Å². The third-order valence-corrected chi connectivity index (χ3v) is 2.71. The molecule has 0 radical (unpaired) electrons. The average Bonchev–Trinajstić information content (AvgIpc) is 1.67. The molecule has 0 spiro atoms. The molecule has 0 aliphatic heterocycles. The Bertz CT molecular complexity index is 71.7. The molecule has 0 aromatic carbocycles. The summed E-state index contributed by atoms with van der Waals surface area (Å²) in [5, 5.41) is 0. The van der Waals surface area contributed by atoms with Gasteiger partial charge in [-0.2, -0.15) is 0 Å². The fourth-order valence-corrected chi connectivity index (χ4v) is 0.782. The summed E-state index contributed by atoms with van der Waals surface area (Å²) >= 11 is -0.0657. The Morgan fingerprint density at radius 1 is 1.38 bits per heavy atom. The molecule has 0 nitrogen and oxygen atoms in total. The van der Waals surface area contributed by atoms with Gasteiger partial charge >= 0.3 is 59.7 Å². The van der Waals surface area contributed by atoms with E-state index in [9.17, 15) is 17.6 Å². The van der Waals surface area contributed by atoms with Gasteiger partial charge in [-0.1, -0.05) is 0 Å². The fraction of sp³-hybridized carbons (Fsp3) is 1.00. The van der Waals surface area contributed by atoms with Gasteiger partial charge in [0.15, 0.2) is 0 Å². The normalized spacial score (nSPS) is 12.5. The second kappa shape index (κ2) is 2.98. The Morgan fingerprint density at radius 3 is 1.75 bits per heavy atom. The van der Waals surface area contributed by atoms with Crippen LogP contribution in [0, 0.1) is 0 Å². The molecule has 0 amide bonds. The number of hydrogen-bond donors (Lipinski definition) is 0. The Hall–Kier alpha value is 0.642. The molecule has 0 heterocycles. The molecule has 0 atom stereocenters. The van der Waals surface area contributed by atoms with Crippen LogP contribution < -0.4 is 0 Å². The predicted octanol–water partition coefficient (Wildman–Crippen LogP) is 1.47. The van der Waals surface area contributed by atoms with E-state index in [4.69, 9.17) is 0 Å². The van der Waals surface area contributed by atoms with Crippen molar-refractivity contribution in [3.05, 3.63) is 0 Å². The summed E-state index contributed by atoms with van der Waals surface area (Å²) in [5.41, 5.74) is 0. The third kappa shape index (κ3) is 2.27. The number of hydrogen-bond acceptors (Lipinski definition) is 0. The first-order valence-electron chi connectivity index (χ1n) is 1.86. The minimum absolute atomic E-state index is 0.0657. The van der Waals surface area contributed by atoms with Gasteiger partial charge in [0, 0.05) is 0 Å². The number of rotatable bonds is 2. The van der Waals surface area contributed by atoms with Gasteiger partial charge in [0.05, 0.1) is 0 Å². The second-order valence-corrected chi connectivity index (χ2v) is 2.85. The molecule has 0 saturated carbocycles. The Morgan fingerprint density at radius 2 is 1.75 bits per heavy atom. The summed E-state index contributed by atoms with van der Waals surface area (Å²) < 4.78 is 44.7. The zero-order chi connectivity index (χ0) is 6.78. The minimum atomic E-state index is -3.72. The first-order valence-corrected chi connectivity index (χ1v) is 5.04. The van der Waals surface area contributed by atoms with E-state index in [1.165, 1.54) is 0 Å². The molecule has 0 aliphatic carbocycles. The van der Waals surface area contributed by atoms with Gasteiger partial charge in [0.1, 0.15) is 0 Å². The summed E-state index contributed by atoms with van der Waals surface area (Å²) in [5.74, 6) is -3.72. The molecule has 5 heteroatoms. The van der Waals surface area contributed by atoms with Gasteiger partial charge in [0.2, 0.25) is 0 Å². The van der Waals surface area contributed by atoms with Crippen LogP contribution in [0.1, 0.15) is 0 Å². The average molecular weight is 319 g/mol. The van der Waals surface area contributed by atoms with Crippen LogP contribution in [0.3, 0.4) is 0 Å². The van der Waals surface area contributed by atoms with Crippen molar-refractivity contribution in [1.29, 1.82) is 0 Å². The van der Waals surface area contributed by atoms with E-state index in [0.29, 0.717) is 0 Å². The van der Waals surface area contributed by atoms with Crippen LogP contribution >= 0.6 is 0 Å². The van der Waals surface area contributed by atoms with Gasteiger partial charge in [0.25, 0.3) is 0 Å². The van der Waals surface area contributed by atoms with Gasteiger partial charge < -0.3 is 0 Å². The first kappa shape index (κ1) is 8.64. The van der Waals surface area contributed by atoms with Gasteiger partial charge in [-0.3, -0.25) is 0 Å². The molecule has 0 bridgehead atoms. The van der Waals surface area contributed by atoms with Crippen molar-refractivity contribution < 1.29 is 17.6 Å². The number of alkyl halides is 4. The van der Waals surface area contributed by atoms with Gasteiger partial charge in [-0.05, 0) is 0 Å². The summed E-state index contributed by atoms with van der Waals surface area (Å²) in [4.78, 5) is 0. The molecule has 0 rings (SSSR count). The van der Waals surface area contributed by atoms with Crippen LogP contribution in [0.2, 0.25) is 3.98 Å². The van der Waals surface area contributed by atoms with Crippen molar-refractivity contribution in [2.24, 2.45) is 0 Å². The van der Waals surface area contributed by atoms with Gasteiger partial charge in [-0.15, -0.1) is 0 Å². The molecule has 0 unspecified atom stereocenters. The van der Waals surface area contributed by atoms with Crippen LogP contribution in [0.4, 0.5) is 17.6 Å². The molecule has 8 heavy (non-hydrogen) atoms. The maximum absolute atomic E-state index is 11.6. The Balaban J connectivity index is 3.71. The topological polar surface area (TPSA) is 0 Å². The van der Waals surface area contributed by atoms with E-state index >= 15 is 0 Å². The Kier molecular flexibility index (Phi) is 3.22. The van der Waals surface area contributed by atoms with E-state index < -0.39 is 16.3 Å². The summed E-state index contributed by atoms with van der Waals surface area (Å²) in [6, 6.07) is 0. The first-order chi connectivity index (χ1) is 3.50. The van der Waals surface area contributed by atoms with Crippen molar-refractivity contribution in [3.8, 4) is 0 Å². The monoisotopic (exact) mass is 320 g/mol. The van der Waals surface area contributed by atoms with E-state index in [1.54, 1.807) is 0 Å². The quantitative estimate of drug-likeness (QED) is 0.534. The third-order valence-electron chi connectivity index (χ3n) is 0.591. The van der Waals surface area contributed by atoms with Crippen LogP contribution in [-0.4, -0.2) is 38.1 Å². The number of halogens is 4. The van der Waals surface area contributed by atoms with Crippen LogP contribution in [0.5, 0.6) is 0 Å². The molecule has 0 aliphatic rings. The zero-order valence-electron chi connectivity index (χ0n) is 3.87. The fourth-order valence-electron chi connectivity index (χ4n) is 0.0891. The molecule has 0 N–H and O–H groups in total. The van der Waals surface area contributed by atoms with E-state index in [0.717, 1.165) is 0 Å². The summed E-state index contributed by atoms with van der Waals surface area (Å²) in [6.07, 6.45) is -3.48. The zero-order valence-corrected chi connectivity index (χ0v) is 8.36. The van der Waals surface area contributed by atoms with Crippen molar-refractivity contribution in [1.82, 2.24) is 0 Å². The summed E-state index contributed by atoms with van der Waals surface area (Å²) in [7, 11) is 0. The van der Waals surface area contributed by atoms with Gasteiger partial charge in [-0.25, -0.2) is 0 Å². The van der Waals surface area contributed by atoms with E-state index in [2.05, 4.69) is 0 Å².